The number of ether oxygens (including phenoxy) is 3. The van der Waals surface area contributed by atoms with Gasteiger partial charge in [0, 0.05) is 26.7 Å². The fourth-order valence-electron chi connectivity index (χ4n) is 1.09. The first-order valence-electron chi connectivity index (χ1n) is 5.59. The minimum Gasteiger partial charge on any atom is -0.380 e. The third-order valence-corrected chi connectivity index (χ3v) is 1.91. The molecule has 96 valence electrons. The van der Waals surface area contributed by atoms with E-state index < -0.39 is 18.5 Å². The Morgan fingerprint density at radius 1 is 1.18 bits per heavy atom. The third kappa shape index (κ3) is 7.79. The number of terminal acetylenes is 1. The highest BCUT2D eigenvalue weighted by molar-refractivity contribution is 5.09. The van der Waals surface area contributed by atoms with Gasteiger partial charge in [0.05, 0.1) is 0 Å². The van der Waals surface area contributed by atoms with E-state index in [1.54, 1.807) is 0 Å². The van der Waals surface area contributed by atoms with Crippen molar-refractivity contribution in [3.63, 3.8) is 0 Å². The fraction of sp³-hybridized carbons (Fsp3) is 0.692. The van der Waals surface area contributed by atoms with Gasteiger partial charge in [-0.3, -0.25) is 0 Å². The highest BCUT2D eigenvalue weighted by Crippen LogP contribution is 2.01. The summed E-state index contributed by atoms with van der Waals surface area (Å²) in [5.41, 5.74) is 0. The van der Waals surface area contributed by atoms with Crippen LogP contribution in [0.2, 0.25) is 0 Å². The summed E-state index contributed by atoms with van der Waals surface area (Å²) in [7, 11) is 1.49. The van der Waals surface area contributed by atoms with Crippen molar-refractivity contribution in [2.24, 2.45) is 0 Å². The zero-order valence-electron chi connectivity index (χ0n) is 10.6. The second-order valence-corrected chi connectivity index (χ2v) is 3.17. The van der Waals surface area contributed by atoms with Crippen LogP contribution in [-0.2, 0) is 14.2 Å². The molecule has 2 atom stereocenters. The van der Waals surface area contributed by atoms with Gasteiger partial charge >= 0.3 is 0 Å². The topological polar surface area (TPSA) is 47.9 Å². The molecule has 0 aromatic carbocycles. The Bertz CT molecular complexity index is 278. The van der Waals surface area contributed by atoms with E-state index in [2.05, 4.69) is 17.8 Å². The maximum Gasteiger partial charge on any atom is 0.222 e. The van der Waals surface area contributed by atoms with Crippen molar-refractivity contribution in [1.82, 2.24) is 0 Å². The van der Waals surface area contributed by atoms with Crippen molar-refractivity contribution in [2.45, 2.75) is 38.8 Å². The van der Waals surface area contributed by atoms with Crippen molar-refractivity contribution in [2.75, 3.05) is 20.3 Å². The average Bonchev–Trinajstić information content (AvgIpc) is 2.33. The summed E-state index contributed by atoms with van der Waals surface area (Å²) in [4.78, 5) is 0. The Hall–Kier alpha value is -1.04. The molecule has 0 fully saturated rings. The summed E-state index contributed by atoms with van der Waals surface area (Å²) >= 11 is 0. The molecule has 0 amide bonds. The lowest BCUT2D eigenvalue weighted by Crippen LogP contribution is -2.19. The molecule has 0 aromatic heterocycles. The Morgan fingerprint density at radius 2 is 1.76 bits per heavy atom. The normalized spacial score (nSPS) is 13.6. The first kappa shape index (κ1) is 16.0. The fourth-order valence-corrected chi connectivity index (χ4v) is 1.09. The lowest BCUT2D eigenvalue weighted by atomic mass is 10.1. The molecular formula is C13H20O4. The third-order valence-electron chi connectivity index (χ3n) is 1.91. The molecule has 0 aliphatic carbocycles. The Kier molecular flexibility index (Phi) is 9.52. The van der Waals surface area contributed by atoms with Gasteiger partial charge in [0.1, 0.15) is 12.2 Å². The maximum atomic E-state index is 9.61. The van der Waals surface area contributed by atoms with E-state index in [-0.39, 0.29) is 6.42 Å². The van der Waals surface area contributed by atoms with Crippen LogP contribution >= 0.6 is 0 Å². The van der Waals surface area contributed by atoms with Crippen LogP contribution in [0.25, 0.3) is 0 Å². The van der Waals surface area contributed by atoms with E-state index in [1.165, 1.54) is 7.11 Å². The van der Waals surface area contributed by atoms with Gasteiger partial charge < -0.3 is 19.3 Å². The molecular weight excluding hydrogens is 220 g/mol. The van der Waals surface area contributed by atoms with Gasteiger partial charge in [-0.15, -0.1) is 6.42 Å². The molecule has 0 rings (SSSR count). The van der Waals surface area contributed by atoms with Gasteiger partial charge in [-0.05, 0) is 19.8 Å². The number of hydrogen-bond donors (Lipinski definition) is 1. The molecule has 0 saturated heterocycles. The van der Waals surface area contributed by atoms with E-state index in [4.69, 9.17) is 20.6 Å². The van der Waals surface area contributed by atoms with Crippen LogP contribution in [0.3, 0.4) is 0 Å². The molecule has 0 aliphatic rings. The largest absolute Gasteiger partial charge is 0.380 e. The molecule has 4 heteroatoms. The van der Waals surface area contributed by atoms with Crippen molar-refractivity contribution in [3.8, 4) is 24.2 Å². The molecule has 1 N–H and O–H groups in total. The minimum absolute atomic E-state index is 0.269. The molecule has 0 radical (unpaired) electrons. The quantitative estimate of drug-likeness (QED) is 0.528. The van der Waals surface area contributed by atoms with Gasteiger partial charge in [-0.2, -0.15) is 0 Å². The van der Waals surface area contributed by atoms with Crippen LogP contribution in [0.5, 0.6) is 0 Å². The highest BCUT2D eigenvalue weighted by Gasteiger charge is 2.09. The second-order valence-electron chi connectivity index (χ2n) is 3.17. The molecule has 0 bridgehead atoms. The Morgan fingerprint density at radius 3 is 2.18 bits per heavy atom. The molecule has 17 heavy (non-hydrogen) atoms. The van der Waals surface area contributed by atoms with Crippen LogP contribution in [0.1, 0.15) is 20.3 Å². The summed E-state index contributed by atoms with van der Waals surface area (Å²) in [5, 5.41) is 9.61. The molecule has 0 saturated carbocycles. The molecule has 0 spiro atoms. The zero-order chi connectivity index (χ0) is 13.1. The smallest absolute Gasteiger partial charge is 0.222 e. The van der Waals surface area contributed by atoms with Crippen molar-refractivity contribution in [3.05, 3.63) is 0 Å². The molecule has 0 aliphatic heterocycles. The van der Waals surface area contributed by atoms with Gasteiger partial charge in [0.25, 0.3) is 0 Å². The van der Waals surface area contributed by atoms with E-state index in [0.29, 0.717) is 13.2 Å². The van der Waals surface area contributed by atoms with E-state index >= 15 is 0 Å². The van der Waals surface area contributed by atoms with E-state index in [1.807, 2.05) is 13.8 Å². The Balaban J connectivity index is 4.23. The number of rotatable bonds is 7. The summed E-state index contributed by atoms with van der Waals surface area (Å²) in [6.45, 7) is 4.70. The first-order valence-corrected chi connectivity index (χ1v) is 5.59. The number of hydrogen-bond acceptors (Lipinski definition) is 4. The number of methoxy groups -OCH3 is 1. The van der Waals surface area contributed by atoms with Crippen molar-refractivity contribution >= 4 is 0 Å². The Labute approximate surface area is 103 Å². The van der Waals surface area contributed by atoms with Crippen LogP contribution in [0.4, 0.5) is 0 Å². The SMILES string of the molecule is C#CC(CC(O)C#CC(OCC)OCC)OC. The van der Waals surface area contributed by atoms with E-state index in [0.717, 1.165) is 0 Å². The number of aliphatic hydroxyl groups is 1. The predicted molar refractivity (Wildman–Crippen MR) is 65.1 cm³/mol. The summed E-state index contributed by atoms with van der Waals surface area (Å²) in [5.74, 6) is 7.75. The van der Waals surface area contributed by atoms with Gasteiger partial charge in [0.2, 0.25) is 6.29 Å². The molecule has 2 unspecified atom stereocenters. The van der Waals surface area contributed by atoms with Crippen LogP contribution < -0.4 is 0 Å². The number of aliphatic hydroxyl groups excluding tert-OH is 1. The molecule has 0 heterocycles. The molecule has 0 aromatic rings. The van der Waals surface area contributed by atoms with Crippen LogP contribution in [-0.4, -0.2) is 43.9 Å². The standard InChI is InChI=1S/C13H20O4/c1-5-12(15-4)10-11(14)8-9-13(16-6-2)17-7-3/h1,11-14H,6-7,10H2,2-4H3. The lowest BCUT2D eigenvalue weighted by Gasteiger charge is -2.11. The lowest BCUT2D eigenvalue weighted by molar-refractivity contribution is -0.0972. The van der Waals surface area contributed by atoms with Crippen LogP contribution in [0, 0.1) is 24.2 Å². The molecule has 4 nitrogen and oxygen atoms in total. The van der Waals surface area contributed by atoms with Crippen LogP contribution in [0.15, 0.2) is 0 Å². The van der Waals surface area contributed by atoms with E-state index in [9.17, 15) is 5.11 Å². The zero-order valence-corrected chi connectivity index (χ0v) is 10.6. The summed E-state index contributed by atoms with van der Waals surface area (Å²) in [6.07, 6.45) is 3.58. The van der Waals surface area contributed by atoms with Gasteiger partial charge in [0.15, 0.2) is 0 Å². The second kappa shape index (κ2) is 10.1. The first-order chi connectivity index (χ1) is 8.17. The van der Waals surface area contributed by atoms with Crippen molar-refractivity contribution in [1.29, 1.82) is 0 Å². The predicted octanol–water partition coefficient (Wildman–Crippen LogP) is 0.788. The summed E-state index contributed by atoms with van der Waals surface area (Å²) in [6, 6.07) is 0. The highest BCUT2D eigenvalue weighted by atomic mass is 16.7. The van der Waals surface area contributed by atoms with Crippen molar-refractivity contribution < 1.29 is 19.3 Å². The monoisotopic (exact) mass is 240 g/mol. The van der Waals surface area contributed by atoms with Gasteiger partial charge in [-0.1, -0.05) is 11.8 Å². The minimum atomic E-state index is -0.848. The average molecular weight is 240 g/mol. The maximum absolute atomic E-state index is 9.61. The summed E-state index contributed by atoms with van der Waals surface area (Å²) < 4.78 is 15.4. The van der Waals surface area contributed by atoms with Gasteiger partial charge in [-0.25, -0.2) is 0 Å².